The molecule has 0 aliphatic rings. The molecule has 0 radical (unpaired) electrons. The maximum Gasteiger partial charge on any atom is 0.258 e. The van der Waals surface area contributed by atoms with E-state index in [2.05, 4.69) is 0 Å². The lowest BCUT2D eigenvalue weighted by atomic mass is 10.1. The molecule has 2 aromatic rings. The fourth-order valence-corrected chi connectivity index (χ4v) is 2.45. The van der Waals surface area contributed by atoms with E-state index in [1.807, 2.05) is 31.2 Å². The summed E-state index contributed by atoms with van der Waals surface area (Å²) in [5.74, 6) is -0.122. The second-order valence-corrected chi connectivity index (χ2v) is 5.67. The Bertz CT molecular complexity index is 678. The van der Waals surface area contributed by atoms with Crippen molar-refractivity contribution in [2.75, 3.05) is 11.9 Å². The molecule has 3 nitrogen and oxygen atoms in total. The van der Waals surface area contributed by atoms with Gasteiger partial charge in [0.05, 0.1) is 0 Å². The highest BCUT2D eigenvalue weighted by molar-refractivity contribution is 7.80. The van der Waals surface area contributed by atoms with Crippen LogP contribution in [0.4, 0.5) is 5.69 Å². The number of halogens is 1. The Balaban J connectivity index is 2.28. The Hall–Kier alpha value is -1.91. The van der Waals surface area contributed by atoms with Crippen LogP contribution < -0.4 is 10.6 Å². The van der Waals surface area contributed by atoms with E-state index in [4.69, 9.17) is 29.6 Å². The van der Waals surface area contributed by atoms with E-state index in [9.17, 15) is 4.79 Å². The SMILES string of the molecule is Cc1cc(Cl)cc(C(=O)N(C)c2ccc(C(N)=S)cc2)c1. The first-order chi connectivity index (χ1) is 9.88. The van der Waals surface area contributed by atoms with Crippen molar-refractivity contribution in [1.29, 1.82) is 0 Å². The van der Waals surface area contributed by atoms with Crippen molar-refractivity contribution in [1.82, 2.24) is 0 Å². The van der Waals surface area contributed by atoms with Gasteiger partial charge in [0.25, 0.3) is 5.91 Å². The van der Waals surface area contributed by atoms with Gasteiger partial charge in [-0.25, -0.2) is 0 Å². The molecule has 0 saturated carbocycles. The van der Waals surface area contributed by atoms with E-state index >= 15 is 0 Å². The molecule has 1 amide bonds. The van der Waals surface area contributed by atoms with E-state index in [0.717, 1.165) is 16.8 Å². The highest BCUT2D eigenvalue weighted by atomic mass is 35.5. The molecule has 0 unspecified atom stereocenters. The van der Waals surface area contributed by atoms with Gasteiger partial charge < -0.3 is 10.6 Å². The van der Waals surface area contributed by atoms with Crippen LogP contribution >= 0.6 is 23.8 Å². The molecule has 108 valence electrons. The Morgan fingerprint density at radius 3 is 2.29 bits per heavy atom. The average Bonchev–Trinajstić information content (AvgIpc) is 2.44. The predicted molar refractivity (Wildman–Crippen MR) is 91.3 cm³/mol. The number of aryl methyl sites for hydroxylation is 1. The van der Waals surface area contributed by atoms with Crippen molar-refractivity contribution in [2.45, 2.75) is 6.92 Å². The van der Waals surface area contributed by atoms with Gasteiger partial charge in [-0.05, 0) is 55.0 Å². The smallest absolute Gasteiger partial charge is 0.258 e. The van der Waals surface area contributed by atoms with Crippen LogP contribution in [0.3, 0.4) is 0 Å². The third-order valence-electron chi connectivity index (χ3n) is 3.13. The number of nitrogens with two attached hydrogens (primary N) is 1. The summed E-state index contributed by atoms with van der Waals surface area (Å²) in [6.45, 7) is 1.90. The van der Waals surface area contributed by atoms with Crippen LogP contribution in [0.2, 0.25) is 5.02 Å². The summed E-state index contributed by atoms with van der Waals surface area (Å²) in [6.07, 6.45) is 0. The minimum absolute atomic E-state index is 0.122. The first-order valence-electron chi connectivity index (χ1n) is 6.33. The van der Waals surface area contributed by atoms with Crippen molar-refractivity contribution in [3.63, 3.8) is 0 Å². The van der Waals surface area contributed by atoms with Crippen LogP contribution in [0.1, 0.15) is 21.5 Å². The van der Waals surface area contributed by atoms with E-state index in [0.29, 0.717) is 15.6 Å². The number of carbonyl (C=O) groups is 1. The molecule has 0 aliphatic heterocycles. The fraction of sp³-hybridized carbons (Fsp3) is 0.125. The minimum Gasteiger partial charge on any atom is -0.389 e. The highest BCUT2D eigenvalue weighted by Gasteiger charge is 2.14. The van der Waals surface area contributed by atoms with Gasteiger partial charge in [-0.1, -0.05) is 23.8 Å². The zero-order chi connectivity index (χ0) is 15.6. The molecule has 2 N–H and O–H groups in total. The molecule has 0 aromatic heterocycles. The monoisotopic (exact) mass is 318 g/mol. The molecule has 2 aromatic carbocycles. The zero-order valence-electron chi connectivity index (χ0n) is 11.8. The Labute approximate surface area is 134 Å². The normalized spacial score (nSPS) is 10.2. The van der Waals surface area contributed by atoms with Crippen LogP contribution in [0.5, 0.6) is 0 Å². The summed E-state index contributed by atoms with van der Waals surface area (Å²) >= 11 is 10.9. The molecule has 0 atom stereocenters. The summed E-state index contributed by atoms with van der Waals surface area (Å²) in [5.41, 5.74) is 8.60. The number of thiocarbonyl (C=S) groups is 1. The summed E-state index contributed by atoms with van der Waals surface area (Å²) in [5, 5.41) is 0.551. The molecule has 0 fully saturated rings. The van der Waals surface area contributed by atoms with Gasteiger partial charge >= 0.3 is 0 Å². The van der Waals surface area contributed by atoms with Crippen LogP contribution in [0.25, 0.3) is 0 Å². The molecule has 0 heterocycles. The quantitative estimate of drug-likeness (QED) is 0.880. The summed E-state index contributed by atoms with van der Waals surface area (Å²) < 4.78 is 0. The van der Waals surface area contributed by atoms with Crippen molar-refractivity contribution >= 4 is 40.4 Å². The summed E-state index contributed by atoms with van der Waals surface area (Å²) in [7, 11) is 1.72. The van der Waals surface area contributed by atoms with Crippen molar-refractivity contribution in [3.8, 4) is 0 Å². The van der Waals surface area contributed by atoms with E-state index < -0.39 is 0 Å². The topological polar surface area (TPSA) is 46.3 Å². The number of carbonyl (C=O) groups excluding carboxylic acids is 1. The summed E-state index contributed by atoms with van der Waals surface area (Å²) in [6, 6.07) is 12.5. The lowest BCUT2D eigenvalue weighted by Gasteiger charge is -2.18. The Morgan fingerprint density at radius 2 is 1.76 bits per heavy atom. The van der Waals surface area contributed by atoms with Crippen LogP contribution in [-0.4, -0.2) is 17.9 Å². The third-order valence-corrected chi connectivity index (χ3v) is 3.59. The van der Waals surface area contributed by atoms with E-state index in [1.165, 1.54) is 0 Å². The predicted octanol–water partition coefficient (Wildman–Crippen LogP) is 3.56. The van der Waals surface area contributed by atoms with Gasteiger partial charge in [-0.2, -0.15) is 0 Å². The van der Waals surface area contributed by atoms with Crippen molar-refractivity contribution < 1.29 is 4.79 Å². The van der Waals surface area contributed by atoms with Gasteiger partial charge in [0.2, 0.25) is 0 Å². The lowest BCUT2D eigenvalue weighted by Crippen LogP contribution is -2.26. The number of amides is 1. The van der Waals surface area contributed by atoms with Crippen molar-refractivity contribution in [2.24, 2.45) is 5.73 Å². The molecule has 0 spiro atoms. The first kappa shape index (κ1) is 15.5. The van der Waals surface area contributed by atoms with Crippen LogP contribution in [0, 0.1) is 6.92 Å². The summed E-state index contributed by atoms with van der Waals surface area (Å²) in [4.78, 5) is 14.4. The zero-order valence-corrected chi connectivity index (χ0v) is 13.3. The largest absolute Gasteiger partial charge is 0.389 e. The molecule has 5 heteroatoms. The first-order valence-corrected chi connectivity index (χ1v) is 7.12. The highest BCUT2D eigenvalue weighted by Crippen LogP contribution is 2.20. The molecule has 0 saturated heterocycles. The van der Waals surface area contributed by atoms with E-state index in [-0.39, 0.29) is 5.91 Å². The van der Waals surface area contributed by atoms with Crippen LogP contribution in [-0.2, 0) is 0 Å². The second-order valence-electron chi connectivity index (χ2n) is 4.79. The molecule has 2 rings (SSSR count). The molecular formula is C16H15ClN2OS. The third kappa shape index (κ3) is 3.60. The number of hydrogen-bond donors (Lipinski definition) is 1. The number of hydrogen-bond acceptors (Lipinski definition) is 2. The molecule has 21 heavy (non-hydrogen) atoms. The Morgan fingerprint density at radius 1 is 1.14 bits per heavy atom. The number of benzene rings is 2. The van der Waals surface area contributed by atoms with Crippen molar-refractivity contribution in [3.05, 3.63) is 64.2 Å². The maximum absolute atomic E-state index is 12.5. The number of rotatable bonds is 3. The van der Waals surface area contributed by atoms with Gasteiger partial charge in [-0.15, -0.1) is 0 Å². The molecule has 0 aliphatic carbocycles. The van der Waals surface area contributed by atoms with Gasteiger partial charge in [0.1, 0.15) is 4.99 Å². The maximum atomic E-state index is 12.5. The van der Waals surface area contributed by atoms with Crippen LogP contribution in [0.15, 0.2) is 42.5 Å². The standard InChI is InChI=1S/C16H15ClN2OS/c1-10-7-12(9-13(17)8-10)16(20)19(2)14-5-3-11(4-6-14)15(18)21/h3-9H,1-2H3,(H2,18,21). The lowest BCUT2D eigenvalue weighted by molar-refractivity contribution is 0.0993. The fourth-order valence-electron chi connectivity index (χ4n) is 2.02. The number of anilines is 1. The van der Waals surface area contributed by atoms with Gasteiger partial charge in [-0.3, -0.25) is 4.79 Å². The average molecular weight is 319 g/mol. The second kappa shape index (κ2) is 6.24. The van der Waals surface area contributed by atoms with E-state index in [1.54, 1.807) is 30.1 Å². The van der Waals surface area contributed by atoms with Gasteiger partial charge in [0, 0.05) is 28.9 Å². The van der Waals surface area contributed by atoms with Gasteiger partial charge in [0.15, 0.2) is 0 Å². The Kier molecular flexibility index (Phi) is 4.60. The molecular weight excluding hydrogens is 304 g/mol. The number of nitrogens with zero attached hydrogens (tertiary/aromatic N) is 1. The minimum atomic E-state index is -0.122. The molecule has 0 bridgehead atoms.